The van der Waals surface area contributed by atoms with E-state index in [-0.39, 0.29) is 11.3 Å². The lowest BCUT2D eigenvalue weighted by Crippen LogP contribution is -1.90. The first-order valence-corrected chi connectivity index (χ1v) is 4.65. The summed E-state index contributed by atoms with van der Waals surface area (Å²) in [5, 5.41) is 17.2. The monoisotopic (exact) mass is 237 g/mol. The van der Waals surface area contributed by atoms with Crippen LogP contribution in [-0.2, 0) is 4.79 Å². The third-order valence-corrected chi connectivity index (χ3v) is 2.05. The van der Waals surface area contributed by atoms with E-state index in [1.165, 1.54) is 25.3 Å². The second-order valence-electron chi connectivity index (χ2n) is 2.87. The first kappa shape index (κ1) is 12.1. The number of nitriles is 1. The number of phenolic OH excluding ortho intramolecular Hbond substituents is 1. The van der Waals surface area contributed by atoms with Gasteiger partial charge < -0.3 is 9.84 Å². The third-order valence-electron chi connectivity index (χ3n) is 1.85. The molecule has 82 valence electrons. The number of phenols is 1. The van der Waals surface area contributed by atoms with Gasteiger partial charge in [0, 0.05) is 0 Å². The second-order valence-corrected chi connectivity index (χ2v) is 3.22. The summed E-state index contributed by atoms with van der Waals surface area (Å²) in [5.74, 6) is 0.239. The van der Waals surface area contributed by atoms with Crippen LogP contribution in [0, 0.1) is 11.3 Å². The summed E-state index contributed by atoms with van der Waals surface area (Å²) in [7, 11) is 1.42. The Morgan fingerprint density at radius 1 is 1.62 bits per heavy atom. The Bertz CT molecular complexity index is 488. The van der Waals surface area contributed by atoms with Crippen LogP contribution in [0.4, 0.5) is 0 Å². The van der Waals surface area contributed by atoms with E-state index in [9.17, 15) is 9.90 Å². The molecule has 0 aliphatic rings. The SMILES string of the molecule is COc1ccc(/C=C(/C#N)C(=O)Cl)cc1O. The summed E-state index contributed by atoms with van der Waals surface area (Å²) in [6.07, 6.45) is 1.29. The molecule has 0 bridgehead atoms. The Labute approximate surface area is 97.3 Å². The second kappa shape index (κ2) is 5.19. The molecule has 1 aromatic rings. The minimum atomic E-state index is -0.835. The molecule has 0 unspecified atom stereocenters. The van der Waals surface area contributed by atoms with E-state index < -0.39 is 5.24 Å². The van der Waals surface area contributed by atoms with Crippen LogP contribution in [0.25, 0.3) is 6.08 Å². The van der Waals surface area contributed by atoms with Crippen molar-refractivity contribution in [3.8, 4) is 17.6 Å². The molecular formula is C11H8ClNO3. The zero-order valence-corrected chi connectivity index (χ0v) is 9.15. The normalized spacial score (nSPS) is 10.7. The molecule has 0 saturated heterocycles. The highest BCUT2D eigenvalue weighted by molar-refractivity contribution is 6.68. The molecule has 1 rings (SSSR count). The van der Waals surface area contributed by atoms with Crippen molar-refractivity contribution < 1.29 is 14.6 Å². The third kappa shape index (κ3) is 2.75. The Hall–Kier alpha value is -1.99. The van der Waals surface area contributed by atoms with Crippen LogP contribution in [0.5, 0.6) is 11.5 Å². The van der Waals surface area contributed by atoms with Gasteiger partial charge in [0.15, 0.2) is 11.5 Å². The van der Waals surface area contributed by atoms with Gasteiger partial charge in [0.25, 0.3) is 5.24 Å². The van der Waals surface area contributed by atoms with Crippen LogP contribution in [0.3, 0.4) is 0 Å². The number of ether oxygens (including phenoxy) is 1. The molecule has 0 fully saturated rings. The zero-order valence-electron chi connectivity index (χ0n) is 8.40. The maximum absolute atomic E-state index is 10.8. The minimum absolute atomic E-state index is 0.0736. The van der Waals surface area contributed by atoms with Gasteiger partial charge in [0.2, 0.25) is 0 Å². The lowest BCUT2D eigenvalue weighted by Gasteiger charge is -2.03. The summed E-state index contributed by atoms with van der Waals surface area (Å²) < 4.78 is 4.85. The molecule has 5 heteroatoms. The number of allylic oxidation sites excluding steroid dienone is 1. The standard InChI is InChI=1S/C11H8ClNO3/c1-16-10-3-2-7(5-9(10)14)4-8(6-13)11(12)15/h2-5,14H,1H3/b8-4-. The number of benzene rings is 1. The summed E-state index contributed by atoms with van der Waals surface area (Å²) in [5.41, 5.74) is 0.301. The topological polar surface area (TPSA) is 70.3 Å². The zero-order chi connectivity index (χ0) is 12.1. The van der Waals surface area contributed by atoms with Crippen molar-refractivity contribution in [2.75, 3.05) is 7.11 Å². The van der Waals surface area contributed by atoms with E-state index in [0.717, 1.165) is 0 Å². The summed E-state index contributed by atoms with van der Waals surface area (Å²) in [6.45, 7) is 0. The van der Waals surface area contributed by atoms with Crippen LogP contribution in [0.15, 0.2) is 23.8 Å². The fraction of sp³-hybridized carbons (Fsp3) is 0.0909. The van der Waals surface area contributed by atoms with Gasteiger partial charge in [-0.3, -0.25) is 4.79 Å². The summed E-state index contributed by atoms with van der Waals surface area (Å²) in [4.78, 5) is 10.8. The molecular weight excluding hydrogens is 230 g/mol. The van der Waals surface area contributed by atoms with Crippen LogP contribution in [-0.4, -0.2) is 17.5 Å². The summed E-state index contributed by atoms with van der Waals surface area (Å²) >= 11 is 5.18. The highest BCUT2D eigenvalue weighted by Crippen LogP contribution is 2.27. The number of hydrogen-bond donors (Lipinski definition) is 1. The Balaban J connectivity index is 3.12. The fourth-order valence-electron chi connectivity index (χ4n) is 1.10. The number of carbonyl (C=O) groups excluding carboxylic acids is 1. The maximum atomic E-state index is 10.8. The molecule has 0 saturated carbocycles. The van der Waals surface area contributed by atoms with Crippen molar-refractivity contribution in [2.24, 2.45) is 0 Å². The van der Waals surface area contributed by atoms with Crippen molar-refractivity contribution in [3.05, 3.63) is 29.3 Å². The molecule has 0 radical (unpaired) electrons. The van der Waals surface area contributed by atoms with Crippen molar-refractivity contribution in [3.63, 3.8) is 0 Å². The number of hydrogen-bond acceptors (Lipinski definition) is 4. The fourth-order valence-corrected chi connectivity index (χ4v) is 1.19. The molecule has 0 amide bonds. The predicted molar refractivity (Wildman–Crippen MR) is 59.1 cm³/mol. The molecule has 1 aromatic carbocycles. The van der Waals surface area contributed by atoms with Gasteiger partial charge in [-0.25, -0.2) is 0 Å². The van der Waals surface area contributed by atoms with Gasteiger partial charge in [0.05, 0.1) is 7.11 Å². The van der Waals surface area contributed by atoms with E-state index in [2.05, 4.69) is 0 Å². The molecule has 0 aromatic heterocycles. The lowest BCUT2D eigenvalue weighted by atomic mass is 10.1. The van der Waals surface area contributed by atoms with Crippen LogP contribution < -0.4 is 4.74 Å². The van der Waals surface area contributed by atoms with Crippen molar-refractivity contribution in [1.82, 2.24) is 0 Å². The number of nitrogens with zero attached hydrogens (tertiary/aromatic N) is 1. The van der Waals surface area contributed by atoms with Gasteiger partial charge in [-0.2, -0.15) is 5.26 Å². The smallest absolute Gasteiger partial charge is 0.262 e. The molecule has 0 atom stereocenters. The number of methoxy groups -OCH3 is 1. The molecule has 0 heterocycles. The number of halogens is 1. The van der Waals surface area contributed by atoms with Crippen LogP contribution in [0.1, 0.15) is 5.56 Å². The van der Waals surface area contributed by atoms with Crippen LogP contribution >= 0.6 is 11.6 Å². The van der Waals surface area contributed by atoms with E-state index in [1.807, 2.05) is 0 Å². The van der Waals surface area contributed by atoms with E-state index in [4.69, 9.17) is 21.6 Å². The molecule has 4 nitrogen and oxygen atoms in total. The average Bonchev–Trinajstić information content (AvgIpc) is 2.25. The van der Waals surface area contributed by atoms with Crippen molar-refractivity contribution in [1.29, 1.82) is 5.26 Å². The molecule has 0 aliphatic carbocycles. The number of carbonyl (C=O) groups is 1. The van der Waals surface area contributed by atoms with E-state index in [0.29, 0.717) is 11.3 Å². The quantitative estimate of drug-likeness (QED) is 0.496. The van der Waals surface area contributed by atoms with E-state index >= 15 is 0 Å². The Morgan fingerprint density at radius 3 is 2.75 bits per heavy atom. The highest BCUT2D eigenvalue weighted by Gasteiger charge is 2.06. The van der Waals surface area contributed by atoms with Gasteiger partial charge in [0.1, 0.15) is 11.6 Å². The Morgan fingerprint density at radius 2 is 2.31 bits per heavy atom. The first-order chi connectivity index (χ1) is 7.58. The lowest BCUT2D eigenvalue weighted by molar-refractivity contribution is -0.108. The van der Waals surface area contributed by atoms with Gasteiger partial charge in [-0.15, -0.1) is 0 Å². The molecule has 1 N–H and O–H groups in total. The number of rotatable bonds is 3. The highest BCUT2D eigenvalue weighted by atomic mass is 35.5. The van der Waals surface area contributed by atoms with E-state index in [1.54, 1.807) is 12.1 Å². The molecule has 16 heavy (non-hydrogen) atoms. The Kier molecular flexibility index (Phi) is 3.92. The van der Waals surface area contributed by atoms with Crippen molar-refractivity contribution in [2.45, 2.75) is 0 Å². The van der Waals surface area contributed by atoms with Crippen molar-refractivity contribution >= 4 is 22.9 Å². The predicted octanol–water partition coefficient (Wildman–Crippen LogP) is 2.07. The van der Waals surface area contributed by atoms with Gasteiger partial charge >= 0.3 is 0 Å². The summed E-state index contributed by atoms with van der Waals surface area (Å²) in [6, 6.07) is 6.15. The first-order valence-electron chi connectivity index (χ1n) is 4.27. The van der Waals surface area contributed by atoms with Crippen LogP contribution in [0.2, 0.25) is 0 Å². The largest absolute Gasteiger partial charge is 0.504 e. The average molecular weight is 238 g/mol. The number of aromatic hydroxyl groups is 1. The molecule has 0 aliphatic heterocycles. The van der Waals surface area contributed by atoms with Gasteiger partial charge in [-0.05, 0) is 35.4 Å². The maximum Gasteiger partial charge on any atom is 0.262 e. The van der Waals surface area contributed by atoms with Gasteiger partial charge in [-0.1, -0.05) is 6.07 Å². The molecule has 0 spiro atoms. The minimum Gasteiger partial charge on any atom is -0.504 e.